The average molecular weight is 213 g/mol. The second-order valence-corrected chi connectivity index (χ2v) is 4.08. The molecule has 0 bridgehead atoms. The third-order valence-corrected chi connectivity index (χ3v) is 2.62. The second-order valence-electron chi connectivity index (χ2n) is 3.00. The van der Waals surface area contributed by atoms with E-state index >= 15 is 0 Å². The molecule has 0 fully saturated rings. The van der Waals surface area contributed by atoms with Crippen molar-refractivity contribution >= 4 is 11.8 Å². The summed E-state index contributed by atoms with van der Waals surface area (Å²) >= 11 is 1.58. The first-order valence-corrected chi connectivity index (χ1v) is 5.56. The van der Waals surface area contributed by atoms with E-state index in [2.05, 4.69) is 15.3 Å². The molecule has 0 aliphatic heterocycles. The summed E-state index contributed by atoms with van der Waals surface area (Å²) in [6.45, 7) is 2.82. The van der Waals surface area contributed by atoms with Gasteiger partial charge in [-0.05, 0) is 26.9 Å². The molecule has 0 saturated carbocycles. The van der Waals surface area contributed by atoms with Crippen molar-refractivity contribution in [2.75, 3.05) is 19.3 Å². The summed E-state index contributed by atoms with van der Waals surface area (Å²) in [5.74, 6) is 0.966. The van der Waals surface area contributed by atoms with Gasteiger partial charge in [0.25, 0.3) is 5.56 Å². The predicted molar refractivity (Wildman–Crippen MR) is 58.9 cm³/mol. The lowest BCUT2D eigenvalue weighted by atomic mass is 10.5. The van der Waals surface area contributed by atoms with Crippen LogP contribution < -0.4 is 10.9 Å². The van der Waals surface area contributed by atoms with Crippen molar-refractivity contribution in [2.45, 2.75) is 18.5 Å². The number of aromatic amines is 1. The molecule has 0 aromatic carbocycles. The Morgan fingerprint density at radius 3 is 3.07 bits per heavy atom. The number of hydrogen-bond donors (Lipinski definition) is 2. The molecule has 1 aromatic heterocycles. The van der Waals surface area contributed by atoms with Crippen LogP contribution >= 0.6 is 11.8 Å². The molecular formula is C9H15N3OS. The van der Waals surface area contributed by atoms with Gasteiger partial charge >= 0.3 is 0 Å². The second kappa shape index (κ2) is 5.82. The molecular weight excluding hydrogens is 198 g/mol. The van der Waals surface area contributed by atoms with Crippen LogP contribution in [0.15, 0.2) is 16.0 Å². The topological polar surface area (TPSA) is 57.8 Å². The molecule has 0 spiro atoms. The van der Waals surface area contributed by atoms with Crippen LogP contribution in [0.4, 0.5) is 0 Å². The lowest BCUT2D eigenvalue weighted by Gasteiger charge is -2.00. The van der Waals surface area contributed by atoms with Gasteiger partial charge in [0, 0.05) is 17.5 Å². The highest BCUT2D eigenvalue weighted by atomic mass is 32.2. The zero-order chi connectivity index (χ0) is 10.4. The minimum atomic E-state index is -0.0754. The van der Waals surface area contributed by atoms with Gasteiger partial charge in [-0.3, -0.25) is 4.79 Å². The number of nitrogens with one attached hydrogen (secondary N) is 2. The number of H-pyrrole nitrogens is 1. The van der Waals surface area contributed by atoms with Crippen LogP contribution in [0.25, 0.3) is 0 Å². The van der Waals surface area contributed by atoms with Crippen molar-refractivity contribution in [3.05, 3.63) is 22.1 Å². The molecule has 14 heavy (non-hydrogen) atoms. The summed E-state index contributed by atoms with van der Waals surface area (Å²) in [6, 6.07) is 1.50. The number of thioether (sulfide) groups is 1. The molecule has 0 atom stereocenters. The van der Waals surface area contributed by atoms with E-state index in [4.69, 9.17) is 0 Å². The smallest absolute Gasteiger partial charge is 0.251 e. The van der Waals surface area contributed by atoms with Crippen LogP contribution in [0.5, 0.6) is 0 Å². The summed E-state index contributed by atoms with van der Waals surface area (Å²) < 4.78 is 0. The number of nitrogens with zero attached hydrogens (tertiary/aromatic N) is 1. The average Bonchev–Trinajstić information content (AvgIpc) is 2.11. The van der Waals surface area contributed by atoms with Gasteiger partial charge < -0.3 is 10.3 Å². The van der Waals surface area contributed by atoms with E-state index in [0.29, 0.717) is 5.16 Å². The Labute approximate surface area is 87.5 Å². The van der Waals surface area contributed by atoms with Crippen LogP contribution in [-0.4, -0.2) is 29.3 Å². The van der Waals surface area contributed by atoms with Gasteiger partial charge in [-0.25, -0.2) is 4.98 Å². The van der Waals surface area contributed by atoms with Gasteiger partial charge in [0.05, 0.1) is 0 Å². The fourth-order valence-corrected chi connectivity index (χ4v) is 1.90. The fourth-order valence-electron chi connectivity index (χ4n) is 1.04. The van der Waals surface area contributed by atoms with E-state index in [0.717, 1.165) is 24.4 Å². The van der Waals surface area contributed by atoms with Crippen LogP contribution in [0.3, 0.4) is 0 Å². The van der Waals surface area contributed by atoms with Crippen LogP contribution in [0.1, 0.15) is 12.1 Å². The van der Waals surface area contributed by atoms with Crippen LogP contribution in [0.2, 0.25) is 0 Å². The normalized spacial score (nSPS) is 10.4. The van der Waals surface area contributed by atoms with Crippen molar-refractivity contribution in [1.29, 1.82) is 0 Å². The summed E-state index contributed by atoms with van der Waals surface area (Å²) in [7, 11) is 1.93. The lowest BCUT2D eigenvalue weighted by molar-refractivity contribution is 0.776. The SMILES string of the molecule is CNCCCSc1nc(C)cc(=O)[nH]1. The maximum absolute atomic E-state index is 11.1. The first-order chi connectivity index (χ1) is 6.72. The molecule has 0 saturated heterocycles. The summed E-state index contributed by atoms with van der Waals surface area (Å²) in [6.07, 6.45) is 1.07. The van der Waals surface area contributed by atoms with Crippen molar-refractivity contribution < 1.29 is 0 Å². The van der Waals surface area contributed by atoms with Gasteiger partial charge in [-0.2, -0.15) is 0 Å². The maximum Gasteiger partial charge on any atom is 0.251 e. The third kappa shape index (κ3) is 3.93. The first kappa shape index (κ1) is 11.3. The Balaban J connectivity index is 2.46. The molecule has 1 aromatic rings. The number of aryl methyl sites for hydroxylation is 1. The van der Waals surface area contributed by atoms with E-state index in [-0.39, 0.29) is 5.56 Å². The van der Waals surface area contributed by atoms with Gasteiger partial charge in [0.15, 0.2) is 5.16 Å². The molecule has 0 unspecified atom stereocenters. The molecule has 78 valence electrons. The number of rotatable bonds is 5. The zero-order valence-electron chi connectivity index (χ0n) is 8.46. The summed E-state index contributed by atoms with van der Waals surface area (Å²) in [4.78, 5) is 18.0. The quantitative estimate of drug-likeness (QED) is 0.431. The fraction of sp³-hybridized carbons (Fsp3) is 0.556. The molecule has 2 N–H and O–H groups in total. The highest BCUT2D eigenvalue weighted by molar-refractivity contribution is 7.99. The minimum absolute atomic E-state index is 0.0754. The number of aromatic nitrogens is 2. The Morgan fingerprint density at radius 2 is 2.43 bits per heavy atom. The molecule has 0 aliphatic rings. The zero-order valence-corrected chi connectivity index (χ0v) is 9.28. The Bertz CT molecular complexity index is 337. The maximum atomic E-state index is 11.1. The van der Waals surface area contributed by atoms with Crippen LogP contribution in [-0.2, 0) is 0 Å². The van der Waals surface area contributed by atoms with E-state index in [1.165, 1.54) is 6.07 Å². The molecule has 0 aliphatic carbocycles. The lowest BCUT2D eigenvalue weighted by Crippen LogP contribution is -2.10. The molecule has 0 amide bonds. The summed E-state index contributed by atoms with van der Waals surface area (Å²) in [5.41, 5.74) is 0.693. The molecule has 1 heterocycles. The van der Waals surface area contributed by atoms with E-state index in [1.54, 1.807) is 11.8 Å². The number of hydrogen-bond acceptors (Lipinski definition) is 4. The standard InChI is InChI=1S/C9H15N3OS/c1-7-6-8(13)12-9(11-7)14-5-3-4-10-2/h6,10H,3-5H2,1-2H3,(H,11,12,13). The van der Waals surface area contributed by atoms with Crippen LogP contribution in [0, 0.1) is 6.92 Å². The molecule has 5 heteroatoms. The van der Waals surface area contributed by atoms with Gasteiger partial charge in [0.2, 0.25) is 0 Å². The largest absolute Gasteiger partial charge is 0.320 e. The Morgan fingerprint density at radius 1 is 1.64 bits per heavy atom. The van der Waals surface area contributed by atoms with E-state index < -0.39 is 0 Å². The molecule has 4 nitrogen and oxygen atoms in total. The minimum Gasteiger partial charge on any atom is -0.320 e. The van der Waals surface area contributed by atoms with Crippen molar-refractivity contribution in [3.8, 4) is 0 Å². The monoisotopic (exact) mass is 213 g/mol. The first-order valence-electron chi connectivity index (χ1n) is 4.58. The van der Waals surface area contributed by atoms with Gasteiger partial charge in [-0.15, -0.1) is 0 Å². The third-order valence-electron chi connectivity index (χ3n) is 1.66. The van der Waals surface area contributed by atoms with Gasteiger partial charge in [-0.1, -0.05) is 11.8 Å². The van der Waals surface area contributed by atoms with Crippen molar-refractivity contribution in [2.24, 2.45) is 0 Å². The highest BCUT2D eigenvalue weighted by Gasteiger charge is 1.98. The predicted octanol–water partition coefficient (Wildman–Crippen LogP) is 0.780. The van der Waals surface area contributed by atoms with E-state index in [1.807, 2.05) is 14.0 Å². The van der Waals surface area contributed by atoms with E-state index in [9.17, 15) is 4.79 Å². The van der Waals surface area contributed by atoms with Crippen molar-refractivity contribution in [1.82, 2.24) is 15.3 Å². The van der Waals surface area contributed by atoms with Crippen molar-refractivity contribution in [3.63, 3.8) is 0 Å². The van der Waals surface area contributed by atoms with Gasteiger partial charge in [0.1, 0.15) is 0 Å². The highest BCUT2D eigenvalue weighted by Crippen LogP contribution is 2.11. The summed E-state index contributed by atoms with van der Waals surface area (Å²) in [5, 5.41) is 3.79. The molecule has 0 radical (unpaired) electrons. The Hall–Kier alpha value is -0.810. The molecule has 1 rings (SSSR count). The Kier molecular flexibility index (Phi) is 4.69.